The molecule has 2 amide bonds. The van der Waals surface area contributed by atoms with E-state index in [9.17, 15) is 9.59 Å². The molecule has 2 N–H and O–H groups in total. The van der Waals surface area contributed by atoms with Crippen LogP contribution in [0.15, 0.2) is 40.9 Å². The van der Waals surface area contributed by atoms with Crippen LogP contribution in [-0.2, 0) is 12.8 Å². The molecular formula is C19H17N3O3S. The van der Waals surface area contributed by atoms with E-state index in [1.54, 1.807) is 6.92 Å². The van der Waals surface area contributed by atoms with Crippen LogP contribution < -0.4 is 10.9 Å². The van der Waals surface area contributed by atoms with Crippen molar-refractivity contribution in [2.24, 2.45) is 0 Å². The van der Waals surface area contributed by atoms with Crippen molar-refractivity contribution in [3.8, 4) is 11.3 Å². The molecule has 6 nitrogen and oxygen atoms in total. The first-order chi connectivity index (χ1) is 12.6. The zero-order valence-electron chi connectivity index (χ0n) is 14.2. The van der Waals surface area contributed by atoms with Gasteiger partial charge in [0.05, 0.1) is 4.88 Å². The van der Waals surface area contributed by atoms with Crippen molar-refractivity contribution in [3.05, 3.63) is 63.0 Å². The summed E-state index contributed by atoms with van der Waals surface area (Å²) in [7, 11) is 0. The Hall–Kier alpha value is -2.93. The van der Waals surface area contributed by atoms with Gasteiger partial charge >= 0.3 is 0 Å². The van der Waals surface area contributed by atoms with Crippen LogP contribution in [0.3, 0.4) is 0 Å². The van der Waals surface area contributed by atoms with Gasteiger partial charge in [-0.15, -0.1) is 11.3 Å². The van der Waals surface area contributed by atoms with E-state index in [2.05, 4.69) is 16.0 Å². The van der Waals surface area contributed by atoms with Crippen molar-refractivity contribution >= 4 is 23.2 Å². The molecule has 0 unspecified atom stereocenters. The van der Waals surface area contributed by atoms with Crippen LogP contribution in [0.4, 0.5) is 0 Å². The van der Waals surface area contributed by atoms with Gasteiger partial charge in [-0.1, -0.05) is 35.5 Å². The molecule has 132 valence electrons. The minimum atomic E-state index is -0.458. The van der Waals surface area contributed by atoms with Gasteiger partial charge in [-0.3, -0.25) is 20.4 Å². The molecule has 4 rings (SSSR count). The third-order valence-electron chi connectivity index (χ3n) is 4.40. The molecule has 2 aromatic heterocycles. The predicted octanol–water partition coefficient (Wildman–Crippen LogP) is 3.28. The summed E-state index contributed by atoms with van der Waals surface area (Å²) in [6.07, 6.45) is 3.20. The molecule has 0 atom stereocenters. The number of rotatable bonds is 3. The van der Waals surface area contributed by atoms with Crippen LogP contribution >= 0.6 is 11.3 Å². The Morgan fingerprint density at radius 2 is 1.88 bits per heavy atom. The topological polar surface area (TPSA) is 84.2 Å². The molecule has 1 aliphatic rings. The molecule has 0 spiro atoms. The molecule has 1 aromatic carbocycles. The van der Waals surface area contributed by atoms with Gasteiger partial charge < -0.3 is 4.52 Å². The number of carbonyl (C=O) groups is 2. The maximum Gasteiger partial charge on any atom is 0.279 e. The quantitative estimate of drug-likeness (QED) is 0.696. The molecule has 2 heterocycles. The Balaban J connectivity index is 1.48. The van der Waals surface area contributed by atoms with Gasteiger partial charge in [0.15, 0.2) is 0 Å². The number of aryl methyl sites for hydroxylation is 3. The molecule has 7 heteroatoms. The molecule has 0 aliphatic heterocycles. The van der Waals surface area contributed by atoms with Crippen LogP contribution in [-0.4, -0.2) is 17.0 Å². The van der Waals surface area contributed by atoms with Gasteiger partial charge in [-0.25, -0.2) is 0 Å². The van der Waals surface area contributed by atoms with E-state index in [1.165, 1.54) is 21.8 Å². The van der Waals surface area contributed by atoms with E-state index >= 15 is 0 Å². The molecule has 26 heavy (non-hydrogen) atoms. The number of hydrogen-bond donors (Lipinski definition) is 2. The lowest BCUT2D eigenvalue weighted by atomic mass is 10.1. The standard InChI is InChI=1S/C19H17N3O3S/c1-11-16(17(22-25-11)12-6-3-2-4-7-12)19(24)21-20-18(23)15-10-13-8-5-9-14(13)26-15/h2-4,6-7,10H,5,8-9H2,1H3,(H,20,23)(H,21,24). The number of hydrogen-bond acceptors (Lipinski definition) is 5. The summed E-state index contributed by atoms with van der Waals surface area (Å²) in [4.78, 5) is 26.8. The highest BCUT2D eigenvalue weighted by Crippen LogP contribution is 2.30. The van der Waals surface area contributed by atoms with E-state index < -0.39 is 5.91 Å². The number of thiophene rings is 1. The normalized spacial score (nSPS) is 12.7. The van der Waals surface area contributed by atoms with Gasteiger partial charge in [-0.05, 0) is 37.8 Å². The lowest BCUT2D eigenvalue weighted by Gasteiger charge is -2.07. The second kappa shape index (κ2) is 6.76. The van der Waals surface area contributed by atoms with Crippen LogP contribution in [0.25, 0.3) is 11.3 Å². The summed E-state index contributed by atoms with van der Waals surface area (Å²) >= 11 is 1.49. The number of benzene rings is 1. The van der Waals surface area contributed by atoms with Gasteiger partial charge in [0.25, 0.3) is 11.8 Å². The Bertz CT molecular complexity index is 954. The maximum atomic E-state index is 12.6. The fraction of sp³-hybridized carbons (Fsp3) is 0.211. The van der Waals surface area contributed by atoms with Crippen molar-refractivity contribution in [3.63, 3.8) is 0 Å². The van der Waals surface area contributed by atoms with E-state index in [1.807, 2.05) is 36.4 Å². The van der Waals surface area contributed by atoms with E-state index in [0.717, 1.165) is 24.8 Å². The minimum absolute atomic E-state index is 0.310. The SMILES string of the molecule is Cc1onc(-c2ccccc2)c1C(=O)NNC(=O)c1cc2c(s1)CCC2. The average Bonchev–Trinajstić information content (AvgIpc) is 3.34. The third-order valence-corrected chi connectivity index (χ3v) is 5.63. The van der Waals surface area contributed by atoms with Gasteiger partial charge in [0.2, 0.25) is 0 Å². The van der Waals surface area contributed by atoms with Crippen LogP contribution in [0, 0.1) is 6.92 Å². The number of hydrazine groups is 1. The third kappa shape index (κ3) is 3.01. The summed E-state index contributed by atoms with van der Waals surface area (Å²) in [5.41, 5.74) is 7.73. The molecule has 3 aromatic rings. The van der Waals surface area contributed by atoms with E-state index in [0.29, 0.717) is 21.9 Å². The molecular weight excluding hydrogens is 350 g/mol. The van der Waals surface area contributed by atoms with Crippen LogP contribution in [0.1, 0.15) is 42.7 Å². The number of amides is 2. The lowest BCUT2D eigenvalue weighted by molar-refractivity contribution is 0.0848. The lowest BCUT2D eigenvalue weighted by Crippen LogP contribution is -2.41. The second-order valence-electron chi connectivity index (χ2n) is 6.15. The predicted molar refractivity (Wildman–Crippen MR) is 98.0 cm³/mol. The van der Waals surface area contributed by atoms with Crippen molar-refractivity contribution in [1.29, 1.82) is 0 Å². The van der Waals surface area contributed by atoms with Crippen molar-refractivity contribution < 1.29 is 14.1 Å². The highest BCUT2D eigenvalue weighted by atomic mass is 32.1. The van der Waals surface area contributed by atoms with Crippen LogP contribution in [0.2, 0.25) is 0 Å². The van der Waals surface area contributed by atoms with Gasteiger partial charge in [-0.2, -0.15) is 0 Å². The van der Waals surface area contributed by atoms with Crippen molar-refractivity contribution in [1.82, 2.24) is 16.0 Å². The summed E-state index contributed by atoms with van der Waals surface area (Å²) < 4.78 is 5.18. The zero-order chi connectivity index (χ0) is 18.1. The summed E-state index contributed by atoms with van der Waals surface area (Å²) in [5.74, 6) is -0.376. The molecule has 0 bridgehead atoms. The fourth-order valence-corrected chi connectivity index (χ4v) is 4.26. The van der Waals surface area contributed by atoms with E-state index in [-0.39, 0.29) is 5.91 Å². The van der Waals surface area contributed by atoms with E-state index in [4.69, 9.17) is 4.52 Å². The van der Waals surface area contributed by atoms with Crippen molar-refractivity contribution in [2.45, 2.75) is 26.2 Å². The molecule has 0 saturated heterocycles. The Kier molecular flexibility index (Phi) is 4.30. The zero-order valence-corrected chi connectivity index (χ0v) is 15.0. The highest BCUT2D eigenvalue weighted by Gasteiger charge is 2.23. The summed E-state index contributed by atoms with van der Waals surface area (Å²) in [6, 6.07) is 11.2. The maximum absolute atomic E-state index is 12.6. The molecule has 0 radical (unpaired) electrons. The molecule has 0 saturated carbocycles. The number of nitrogens with one attached hydrogen (secondary N) is 2. The largest absolute Gasteiger partial charge is 0.360 e. The molecule has 0 fully saturated rings. The number of carbonyl (C=O) groups excluding carboxylic acids is 2. The fourth-order valence-electron chi connectivity index (χ4n) is 3.11. The Morgan fingerprint density at radius 3 is 2.65 bits per heavy atom. The summed E-state index contributed by atoms with van der Waals surface area (Å²) in [5, 5.41) is 3.98. The smallest absolute Gasteiger partial charge is 0.279 e. The number of aromatic nitrogens is 1. The Morgan fingerprint density at radius 1 is 1.12 bits per heavy atom. The van der Waals surface area contributed by atoms with Crippen molar-refractivity contribution in [2.75, 3.05) is 0 Å². The second-order valence-corrected chi connectivity index (χ2v) is 7.29. The first-order valence-corrected chi connectivity index (χ1v) is 9.19. The monoisotopic (exact) mass is 367 g/mol. The Labute approximate surface area is 154 Å². The van der Waals surface area contributed by atoms with Gasteiger partial charge in [0.1, 0.15) is 17.0 Å². The first-order valence-electron chi connectivity index (χ1n) is 8.37. The van der Waals surface area contributed by atoms with Crippen LogP contribution in [0.5, 0.6) is 0 Å². The number of fused-ring (bicyclic) bond motifs is 1. The summed E-state index contributed by atoms with van der Waals surface area (Å²) in [6.45, 7) is 1.67. The molecule has 1 aliphatic carbocycles. The highest BCUT2D eigenvalue weighted by molar-refractivity contribution is 7.14. The number of nitrogens with zero attached hydrogens (tertiary/aromatic N) is 1. The van der Waals surface area contributed by atoms with Gasteiger partial charge in [0, 0.05) is 10.4 Å². The average molecular weight is 367 g/mol. The minimum Gasteiger partial charge on any atom is -0.360 e. The first kappa shape index (κ1) is 16.5.